The Morgan fingerprint density at radius 1 is 1.05 bits per heavy atom. The van der Waals surface area contributed by atoms with Crippen LogP contribution in [0.15, 0.2) is 36.4 Å². The minimum atomic E-state index is -0.533. The molecule has 0 aliphatic rings. The summed E-state index contributed by atoms with van der Waals surface area (Å²) in [6.07, 6.45) is 0. The van der Waals surface area contributed by atoms with Crippen LogP contribution in [0.1, 0.15) is 5.56 Å². The van der Waals surface area contributed by atoms with E-state index in [2.05, 4.69) is 0 Å². The monoisotopic (exact) mass is 307 g/mol. The van der Waals surface area contributed by atoms with Gasteiger partial charge < -0.3 is 19.9 Å². The Balaban J connectivity index is 2.43. The van der Waals surface area contributed by atoms with Gasteiger partial charge in [-0.25, -0.2) is 4.39 Å². The summed E-state index contributed by atoms with van der Waals surface area (Å²) in [4.78, 5) is -0.0713. The van der Waals surface area contributed by atoms with Crippen molar-refractivity contribution in [3.8, 4) is 23.0 Å². The number of benzene rings is 2. The van der Waals surface area contributed by atoms with Crippen molar-refractivity contribution in [2.24, 2.45) is 5.73 Å². The van der Waals surface area contributed by atoms with Crippen molar-refractivity contribution >= 4 is 17.2 Å². The molecule has 21 heavy (non-hydrogen) atoms. The molecule has 0 aromatic heterocycles. The summed E-state index contributed by atoms with van der Waals surface area (Å²) in [5, 5.41) is 0. The standard InChI is InChI=1S/C15H14FNO3S/c1-18-9-6-10(19-2)8-11(7-9)20-13-5-3-4-12(16)14(13)15(17)21/h3-8H,1-2H3,(H2,17,21). The van der Waals surface area contributed by atoms with Crippen LogP contribution in [0.5, 0.6) is 23.0 Å². The molecule has 0 aliphatic heterocycles. The maximum Gasteiger partial charge on any atom is 0.140 e. The molecule has 0 saturated heterocycles. The molecule has 6 heteroatoms. The predicted molar refractivity (Wildman–Crippen MR) is 81.9 cm³/mol. The van der Waals surface area contributed by atoms with E-state index in [1.54, 1.807) is 24.3 Å². The fraction of sp³-hybridized carbons (Fsp3) is 0.133. The molecule has 0 radical (unpaired) electrons. The molecular weight excluding hydrogens is 293 g/mol. The van der Waals surface area contributed by atoms with Crippen LogP contribution in [0, 0.1) is 5.82 Å². The maximum atomic E-state index is 13.8. The van der Waals surface area contributed by atoms with E-state index in [1.165, 1.54) is 26.4 Å². The van der Waals surface area contributed by atoms with E-state index in [9.17, 15) is 4.39 Å². The van der Waals surface area contributed by atoms with E-state index < -0.39 is 5.82 Å². The first-order chi connectivity index (χ1) is 10.0. The number of nitrogens with two attached hydrogens (primary N) is 1. The van der Waals surface area contributed by atoms with Crippen molar-refractivity contribution in [1.29, 1.82) is 0 Å². The van der Waals surface area contributed by atoms with Gasteiger partial charge in [-0.2, -0.15) is 0 Å². The minimum Gasteiger partial charge on any atom is -0.496 e. The lowest BCUT2D eigenvalue weighted by molar-refractivity contribution is 0.386. The van der Waals surface area contributed by atoms with Gasteiger partial charge in [-0.15, -0.1) is 0 Å². The second kappa shape index (κ2) is 6.41. The summed E-state index contributed by atoms with van der Waals surface area (Å²) >= 11 is 4.86. The molecule has 2 aromatic rings. The summed E-state index contributed by atoms with van der Waals surface area (Å²) in [7, 11) is 3.06. The van der Waals surface area contributed by atoms with E-state index in [0.717, 1.165) is 0 Å². The van der Waals surface area contributed by atoms with Gasteiger partial charge in [-0.3, -0.25) is 0 Å². The van der Waals surface area contributed by atoms with Crippen molar-refractivity contribution in [1.82, 2.24) is 0 Å². The average Bonchev–Trinajstić information content (AvgIpc) is 2.46. The molecule has 0 heterocycles. The molecule has 0 aliphatic carbocycles. The SMILES string of the molecule is COc1cc(OC)cc(Oc2cccc(F)c2C(N)=S)c1. The van der Waals surface area contributed by atoms with Crippen LogP contribution >= 0.6 is 12.2 Å². The van der Waals surface area contributed by atoms with Crippen LogP contribution in [-0.2, 0) is 0 Å². The van der Waals surface area contributed by atoms with Gasteiger partial charge >= 0.3 is 0 Å². The Morgan fingerprint density at radius 2 is 1.62 bits per heavy atom. The quantitative estimate of drug-likeness (QED) is 0.859. The van der Waals surface area contributed by atoms with Gasteiger partial charge in [0.05, 0.1) is 19.8 Å². The van der Waals surface area contributed by atoms with Gasteiger partial charge in [0.25, 0.3) is 0 Å². The average molecular weight is 307 g/mol. The molecule has 0 spiro atoms. The fourth-order valence-corrected chi connectivity index (χ4v) is 1.99. The maximum absolute atomic E-state index is 13.8. The molecule has 0 bridgehead atoms. The number of hydrogen-bond donors (Lipinski definition) is 1. The lowest BCUT2D eigenvalue weighted by Crippen LogP contribution is -2.13. The van der Waals surface area contributed by atoms with E-state index in [4.69, 9.17) is 32.2 Å². The van der Waals surface area contributed by atoms with Gasteiger partial charge in [-0.1, -0.05) is 18.3 Å². The summed E-state index contributed by atoms with van der Waals surface area (Å²) < 4.78 is 29.8. The Kier molecular flexibility index (Phi) is 4.59. The molecule has 2 N–H and O–H groups in total. The van der Waals surface area contributed by atoms with E-state index in [1.807, 2.05) is 0 Å². The third-order valence-corrected chi connectivity index (χ3v) is 2.98. The smallest absolute Gasteiger partial charge is 0.140 e. The molecular formula is C15H14FNO3S. The van der Waals surface area contributed by atoms with E-state index in [-0.39, 0.29) is 16.3 Å². The topological polar surface area (TPSA) is 53.7 Å². The first kappa shape index (κ1) is 15.1. The van der Waals surface area contributed by atoms with Crippen LogP contribution in [-0.4, -0.2) is 19.2 Å². The summed E-state index contributed by atoms with van der Waals surface area (Å²) in [5.41, 5.74) is 5.61. The number of rotatable bonds is 5. The van der Waals surface area contributed by atoms with Crippen molar-refractivity contribution in [2.45, 2.75) is 0 Å². The molecule has 0 unspecified atom stereocenters. The second-order valence-electron chi connectivity index (χ2n) is 4.13. The Labute approximate surface area is 127 Å². The van der Waals surface area contributed by atoms with Gasteiger partial charge in [0.15, 0.2) is 0 Å². The number of methoxy groups -OCH3 is 2. The minimum absolute atomic E-state index is 0.0642. The summed E-state index contributed by atoms with van der Waals surface area (Å²) in [6.45, 7) is 0. The van der Waals surface area contributed by atoms with Gasteiger partial charge in [-0.05, 0) is 12.1 Å². The number of thiocarbonyl (C=S) groups is 1. The molecule has 4 nitrogen and oxygen atoms in total. The highest BCUT2D eigenvalue weighted by Crippen LogP contribution is 2.32. The molecule has 0 fully saturated rings. The Morgan fingerprint density at radius 3 is 2.14 bits per heavy atom. The molecule has 0 atom stereocenters. The Bertz CT molecular complexity index is 654. The fourth-order valence-electron chi connectivity index (χ4n) is 1.80. The van der Waals surface area contributed by atoms with Gasteiger partial charge in [0.2, 0.25) is 0 Å². The summed E-state index contributed by atoms with van der Waals surface area (Å²) in [5.74, 6) is 1.23. The summed E-state index contributed by atoms with van der Waals surface area (Å²) in [6, 6.07) is 9.38. The first-order valence-corrected chi connectivity index (χ1v) is 6.45. The lowest BCUT2D eigenvalue weighted by Gasteiger charge is -2.13. The van der Waals surface area contributed by atoms with Crippen molar-refractivity contribution in [3.05, 3.63) is 47.8 Å². The zero-order valence-corrected chi connectivity index (χ0v) is 12.4. The van der Waals surface area contributed by atoms with Crippen molar-refractivity contribution < 1.29 is 18.6 Å². The third-order valence-electron chi connectivity index (χ3n) is 2.77. The zero-order valence-electron chi connectivity index (χ0n) is 11.6. The van der Waals surface area contributed by atoms with Crippen molar-refractivity contribution in [3.63, 3.8) is 0 Å². The number of hydrogen-bond acceptors (Lipinski definition) is 4. The molecule has 0 saturated carbocycles. The van der Waals surface area contributed by atoms with Crippen LogP contribution < -0.4 is 19.9 Å². The second-order valence-corrected chi connectivity index (χ2v) is 4.57. The predicted octanol–water partition coefficient (Wildman–Crippen LogP) is 3.27. The zero-order chi connectivity index (χ0) is 15.4. The number of ether oxygens (including phenoxy) is 3. The van der Waals surface area contributed by atoms with E-state index >= 15 is 0 Å². The first-order valence-electron chi connectivity index (χ1n) is 6.04. The van der Waals surface area contributed by atoms with Crippen LogP contribution in [0.4, 0.5) is 4.39 Å². The highest BCUT2D eigenvalue weighted by Gasteiger charge is 2.14. The molecule has 2 aromatic carbocycles. The van der Waals surface area contributed by atoms with E-state index in [0.29, 0.717) is 17.2 Å². The highest BCUT2D eigenvalue weighted by atomic mass is 32.1. The van der Waals surface area contributed by atoms with Crippen molar-refractivity contribution in [2.75, 3.05) is 14.2 Å². The van der Waals surface area contributed by atoms with Crippen LogP contribution in [0.25, 0.3) is 0 Å². The Hall–Kier alpha value is -2.34. The van der Waals surface area contributed by atoms with Gasteiger partial charge in [0.1, 0.15) is 33.8 Å². The van der Waals surface area contributed by atoms with Gasteiger partial charge in [0, 0.05) is 18.2 Å². The molecule has 110 valence electrons. The van der Waals surface area contributed by atoms with Crippen LogP contribution in [0.3, 0.4) is 0 Å². The number of halogens is 1. The molecule has 0 amide bonds. The largest absolute Gasteiger partial charge is 0.496 e. The third kappa shape index (κ3) is 3.41. The lowest BCUT2D eigenvalue weighted by atomic mass is 10.2. The normalized spacial score (nSPS) is 10.0. The molecule has 2 rings (SSSR count). The highest BCUT2D eigenvalue weighted by molar-refractivity contribution is 7.80. The van der Waals surface area contributed by atoms with Crippen LogP contribution in [0.2, 0.25) is 0 Å².